The van der Waals surface area contributed by atoms with Crippen molar-refractivity contribution in [1.82, 2.24) is 0 Å². The van der Waals surface area contributed by atoms with E-state index in [0.29, 0.717) is 0 Å². The van der Waals surface area contributed by atoms with Crippen LogP contribution in [0.3, 0.4) is 0 Å². The number of Topliss-reactive ketones (excluding diaryl/α,β-unsaturated/α-hetero) is 1. The van der Waals surface area contributed by atoms with Crippen LogP contribution in [0.25, 0.3) is 0 Å². The van der Waals surface area contributed by atoms with Crippen LogP contribution in [0.4, 0.5) is 4.39 Å². The number of rotatable bonds is 5. The lowest BCUT2D eigenvalue weighted by Gasteiger charge is -2.42. The number of halogens is 1. The van der Waals surface area contributed by atoms with Crippen LogP contribution in [-0.2, 0) is 20.7 Å². The summed E-state index contributed by atoms with van der Waals surface area (Å²) in [5, 5.41) is 32.7. The summed E-state index contributed by atoms with van der Waals surface area (Å²) in [7, 11) is 1.36. The molecule has 0 radical (unpaired) electrons. The van der Waals surface area contributed by atoms with Gasteiger partial charge in [-0.25, -0.2) is 4.39 Å². The molecule has 3 aliphatic rings. The normalized spacial score (nSPS) is 30.3. The maximum atomic E-state index is 13.6. The van der Waals surface area contributed by atoms with Gasteiger partial charge >= 0.3 is 0 Å². The molecule has 1 saturated heterocycles. The molecule has 38 heavy (non-hydrogen) atoms. The SMILES string of the molecule is COc1cccc2c1C(=O)c1c(cc3c(c1O)C(OC1CC(N)C(O)C(CF)O1)C[C@](O)(C(C)=O)C3)C2=O. The number of phenols is 1. The minimum Gasteiger partial charge on any atom is -0.507 e. The number of carbonyl (C=O) groups is 3. The Morgan fingerprint density at radius 1 is 1.24 bits per heavy atom. The Labute approximate surface area is 217 Å². The van der Waals surface area contributed by atoms with Gasteiger partial charge in [-0.05, 0) is 24.6 Å². The van der Waals surface area contributed by atoms with Crippen molar-refractivity contribution >= 4 is 17.3 Å². The number of aliphatic hydroxyl groups excluding tert-OH is 1. The highest BCUT2D eigenvalue weighted by Gasteiger charge is 2.47. The van der Waals surface area contributed by atoms with E-state index in [-0.39, 0.29) is 58.4 Å². The molecule has 0 bridgehead atoms. The molecule has 2 aromatic carbocycles. The van der Waals surface area contributed by atoms with Crippen LogP contribution in [0.2, 0.25) is 0 Å². The summed E-state index contributed by atoms with van der Waals surface area (Å²) in [5.41, 5.74) is 4.18. The number of aromatic hydroxyl groups is 1. The number of fused-ring (bicyclic) bond motifs is 3. The molecule has 5 N–H and O–H groups in total. The molecular weight excluding hydrogens is 501 g/mol. The van der Waals surface area contributed by atoms with E-state index in [0.717, 1.165) is 0 Å². The molecule has 1 heterocycles. The van der Waals surface area contributed by atoms with Gasteiger partial charge in [0.2, 0.25) is 5.78 Å². The van der Waals surface area contributed by atoms with Gasteiger partial charge in [0.25, 0.3) is 0 Å². The number of phenolic OH excluding ortho intramolecular Hbond substituents is 1. The van der Waals surface area contributed by atoms with Gasteiger partial charge in [0.05, 0.1) is 30.4 Å². The molecule has 0 saturated carbocycles. The summed E-state index contributed by atoms with van der Waals surface area (Å²) in [6.45, 7) is 0.185. The van der Waals surface area contributed by atoms with Crippen molar-refractivity contribution in [2.75, 3.05) is 13.8 Å². The topological polar surface area (TPSA) is 166 Å². The number of ether oxygens (including phenoxy) is 3. The van der Waals surface area contributed by atoms with Crippen molar-refractivity contribution in [2.45, 2.75) is 62.4 Å². The minimum atomic E-state index is -1.91. The van der Waals surface area contributed by atoms with Crippen LogP contribution in [0.5, 0.6) is 11.5 Å². The third-order valence-electron chi connectivity index (χ3n) is 7.68. The second-order valence-corrected chi connectivity index (χ2v) is 10.0. The Morgan fingerprint density at radius 3 is 2.63 bits per heavy atom. The van der Waals surface area contributed by atoms with Gasteiger partial charge in [0.1, 0.15) is 29.9 Å². The van der Waals surface area contributed by atoms with Crippen molar-refractivity contribution in [3.8, 4) is 11.5 Å². The van der Waals surface area contributed by atoms with Crippen LogP contribution in [0, 0.1) is 0 Å². The number of methoxy groups -OCH3 is 1. The average molecular weight is 530 g/mol. The number of ketones is 3. The molecule has 0 amide bonds. The highest BCUT2D eigenvalue weighted by Crippen LogP contribution is 2.48. The van der Waals surface area contributed by atoms with E-state index in [1.807, 2.05) is 0 Å². The van der Waals surface area contributed by atoms with Crippen LogP contribution in [-0.4, -0.2) is 76.6 Å². The van der Waals surface area contributed by atoms with Crippen LogP contribution in [0.1, 0.15) is 68.8 Å². The second-order valence-electron chi connectivity index (χ2n) is 10.0. The quantitative estimate of drug-likeness (QED) is 0.378. The molecule has 5 rings (SSSR count). The summed E-state index contributed by atoms with van der Waals surface area (Å²) in [6, 6.07) is 5.10. The molecule has 0 spiro atoms. The summed E-state index contributed by atoms with van der Waals surface area (Å²) in [6.07, 6.45) is -5.41. The number of hydrogen-bond acceptors (Lipinski definition) is 10. The Balaban J connectivity index is 1.63. The maximum Gasteiger partial charge on any atom is 0.201 e. The zero-order chi connectivity index (χ0) is 27.5. The third-order valence-corrected chi connectivity index (χ3v) is 7.68. The van der Waals surface area contributed by atoms with Crippen LogP contribution in [0.15, 0.2) is 24.3 Å². The van der Waals surface area contributed by atoms with Gasteiger partial charge in [-0.15, -0.1) is 0 Å². The first kappa shape index (κ1) is 26.4. The van der Waals surface area contributed by atoms with Crippen molar-refractivity contribution < 1.29 is 48.3 Å². The largest absolute Gasteiger partial charge is 0.507 e. The molecule has 6 atom stereocenters. The summed E-state index contributed by atoms with van der Waals surface area (Å²) >= 11 is 0. The fraction of sp³-hybridized carbons (Fsp3) is 0.444. The van der Waals surface area contributed by atoms with Gasteiger partial charge in [-0.2, -0.15) is 0 Å². The molecule has 10 nitrogen and oxygen atoms in total. The van der Waals surface area contributed by atoms with E-state index in [9.17, 15) is 34.1 Å². The van der Waals surface area contributed by atoms with Gasteiger partial charge in [-0.1, -0.05) is 12.1 Å². The van der Waals surface area contributed by atoms with Crippen molar-refractivity contribution in [2.24, 2.45) is 5.73 Å². The summed E-state index contributed by atoms with van der Waals surface area (Å²) in [5.74, 6) is -2.07. The predicted molar refractivity (Wildman–Crippen MR) is 129 cm³/mol. The highest BCUT2D eigenvalue weighted by molar-refractivity contribution is 6.30. The third kappa shape index (κ3) is 4.02. The van der Waals surface area contributed by atoms with E-state index in [1.165, 1.54) is 32.2 Å². The standard InChI is InChI=1S/C27H28FNO9/c1-11(30)27(35)8-12-6-14-22(26(34)21-13(23(14)31)4-3-5-16(21)36-2)25(33)20(12)17(9-27)37-19-7-15(29)24(32)18(10-28)38-19/h3-6,15,17-19,24,32-33,35H,7-10,29H2,1-2H3/t15?,17?,18?,19?,24?,27-/m0/s1. The fourth-order valence-corrected chi connectivity index (χ4v) is 5.59. The molecule has 2 aromatic rings. The smallest absolute Gasteiger partial charge is 0.201 e. The fourth-order valence-electron chi connectivity index (χ4n) is 5.59. The second kappa shape index (κ2) is 9.51. The summed E-state index contributed by atoms with van der Waals surface area (Å²) in [4.78, 5) is 39.5. The maximum absolute atomic E-state index is 13.6. The first-order valence-electron chi connectivity index (χ1n) is 12.2. The number of hydrogen-bond donors (Lipinski definition) is 4. The van der Waals surface area contributed by atoms with E-state index in [2.05, 4.69) is 0 Å². The Hall–Kier alpha value is -3.22. The molecule has 202 valence electrons. The highest BCUT2D eigenvalue weighted by atomic mass is 19.1. The number of carbonyl (C=O) groups excluding carboxylic acids is 3. The zero-order valence-electron chi connectivity index (χ0n) is 20.8. The predicted octanol–water partition coefficient (Wildman–Crippen LogP) is 1.27. The van der Waals surface area contributed by atoms with Crippen LogP contribution < -0.4 is 10.5 Å². The Kier molecular flexibility index (Phi) is 6.60. The van der Waals surface area contributed by atoms with Gasteiger partial charge in [0.15, 0.2) is 17.9 Å². The number of alkyl halides is 1. The van der Waals surface area contributed by atoms with Gasteiger partial charge in [-0.3, -0.25) is 14.4 Å². The van der Waals surface area contributed by atoms with E-state index in [1.54, 1.807) is 6.07 Å². The Bertz CT molecular complexity index is 1340. The van der Waals surface area contributed by atoms with E-state index in [4.69, 9.17) is 19.9 Å². The van der Waals surface area contributed by atoms with E-state index < -0.39 is 66.0 Å². The molecule has 5 unspecified atom stereocenters. The number of nitrogens with two attached hydrogens (primary N) is 1. The van der Waals surface area contributed by atoms with Crippen LogP contribution >= 0.6 is 0 Å². The average Bonchev–Trinajstić information content (AvgIpc) is 2.88. The molecule has 1 fully saturated rings. The monoisotopic (exact) mass is 529 g/mol. The molecule has 0 aromatic heterocycles. The van der Waals surface area contributed by atoms with Crippen molar-refractivity contribution in [3.05, 3.63) is 57.6 Å². The lowest BCUT2D eigenvalue weighted by atomic mass is 9.72. The first-order chi connectivity index (χ1) is 18.0. The molecule has 1 aliphatic heterocycles. The van der Waals surface area contributed by atoms with E-state index >= 15 is 0 Å². The lowest BCUT2D eigenvalue weighted by molar-refractivity contribution is -0.253. The zero-order valence-corrected chi connectivity index (χ0v) is 20.8. The lowest BCUT2D eigenvalue weighted by Crippen LogP contribution is -2.54. The number of benzene rings is 2. The van der Waals surface area contributed by atoms with Crippen molar-refractivity contribution in [1.29, 1.82) is 0 Å². The Morgan fingerprint density at radius 2 is 1.97 bits per heavy atom. The first-order valence-corrected chi connectivity index (χ1v) is 12.2. The van der Waals surface area contributed by atoms with Gasteiger partial charge < -0.3 is 35.3 Å². The molecule has 11 heteroatoms. The van der Waals surface area contributed by atoms with Gasteiger partial charge in [0, 0.05) is 42.0 Å². The molecular formula is C27H28FNO9. The summed E-state index contributed by atoms with van der Waals surface area (Å²) < 4.78 is 30.3. The van der Waals surface area contributed by atoms with Crippen molar-refractivity contribution in [3.63, 3.8) is 0 Å². The molecule has 2 aliphatic carbocycles. The number of aliphatic hydroxyl groups is 2. The minimum absolute atomic E-state index is 0.0117.